The summed E-state index contributed by atoms with van der Waals surface area (Å²) in [5, 5.41) is 8.58. The number of piperidine rings is 1. The van der Waals surface area contributed by atoms with Gasteiger partial charge in [0.2, 0.25) is 0 Å². The summed E-state index contributed by atoms with van der Waals surface area (Å²) in [6.45, 7) is 3.80. The smallest absolute Gasteiger partial charge is 0.394 e. The molecule has 1 fully saturated rings. The van der Waals surface area contributed by atoms with Gasteiger partial charge in [0.25, 0.3) is 0 Å². The molecule has 1 saturated heterocycles. The second kappa shape index (κ2) is 3.77. The van der Waals surface area contributed by atoms with Gasteiger partial charge in [-0.2, -0.15) is 0 Å². The molecule has 0 spiro atoms. The normalized spacial score (nSPS) is 28.6. The zero-order chi connectivity index (χ0) is 10.0. The number of carboxylic acid groups (broad SMARTS) is 1. The highest BCUT2D eigenvalue weighted by atomic mass is 16.4. The van der Waals surface area contributed by atoms with Crippen molar-refractivity contribution in [3.8, 4) is 0 Å². The van der Waals surface area contributed by atoms with E-state index in [0.717, 1.165) is 19.3 Å². The highest BCUT2D eigenvalue weighted by Gasteiger charge is 2.32. The fourth-order valence-corrected chi connectivity index (χ4v) is 1.93. The number of likely N-dealkylation sites (tertiary alicyclic amines) is 1. The zero-order valence-corrected chi connectivity index (χ0v) is 7.99. The van der Waals surface area contributed by atoms with E-state index in [0.29, 0.717) is 0 Å². The summed E-state index contributed by atoms with van der Waals surface area (Å²) in [6.07, 6.45) is 2.89. The molecule has 0 radical (unpaired) electrons. The zero-order valence-electron chi connectivity index (χ0n) is 7.99. The molecule has 0 aromatic heterocycles. The van der Waals surface area contributed by atoms with Gasteiger partial charge in [0.15, 0.2) is 0 Å². The van der Waals surface area contributed by atoms with Crippen LogP contribution in [0.1, 0.15) is 33.1 Å². The van der Waals surface area contributed by atoms with Crippen LogP contribution in [0, 0.1) is 0 Å². The van der Waals surface area contributed by atoms with E-state index in [-0.39, 0.29) is 12.1 Å². The van der Waals surface area contributed by atoms with E-state index in [1.54, 1.807) is 0 Å². The molecule has 0 aromatic rings. The van der Waals surface area contributed by atoms with Crippen molar-refractivity contribution in [2.75, 3.05) is 0 Å². The minimum absolute atomic E-state index is 0.0624. The van der Waals surface area contributed by atoms with Gasteiger partial charge in [-0.1, -0.05) is 0 Å². The maximum atomic E-state index is 11.2. The van der Waals surface area contributed by atoms with Crippen molar-refractivity contribution in [1.82, 2.24) is 4.90 Å². The van der Waals surface area contributed by atoms with Crippen LogP contribution in [0.25, 0.3) is 0 Å². The molecular weight excluding hydrogens is 170 g/mol. The molecule has 0 bridgehead atoms. The molecule has 74 valence electrons. The average Bonchev–Trinajstić information content (AvgIpc) is 2.03. The largest absolute Gasteiger partial charge is 0.474 e. The van der Waals surface area contributed by atoms with Crippen LogP contribution in [0.15, 0.2) is 0 Å². The number of nitrogens with zero attached hydrogens (tertiary/aromatic N) is 1. The first-order valence-corrected chi connectivity index (χ1v) is 4.59. The van der Waals surface area contributed by atoms with Crippen LogP contribution in [0.5, 0.6) is 0 Å². The summed E-state index contributed by atoms with van der Waals surface area (Å²) < 4.78 is 0. The maximum absolute atomic E-state index is 11.2. The fraction of sp³-hybridized carbons (Fsp3) is 0.778. The average molecular weight is 185 g/mol. The molecule has 4 nitrogen and oxygen atoms in total. The van der Waals surface area contributed by atoms with Crippen molar-refractivity contribution in [2.45, 2.75) is 45.2 Å². The summed E-state index contributed by atoms with van der Waals surface area (Å²) in [5.74, 6) is -2.11. The van der Waals surface area contributed by atoms with Crippen LogP contribution < -0.4 is 0 Å². The van der Waals surface area contributed by atoms with Gasteiger partial charge in [0.05, 0.1) is 0 Å². The van der Waals surface area contributed by atoms with Crippen LogP contribution in [-0.2, 0) is 9.59 Å². The lowest BCUT2D eigenvalue weighted by atomic mass is 9.97. The number of aliphatic carboxylic acids is 1. The first-order chi connectivity index (χ1) is 6.04. The lowest BCUT2D eigenvalue weighted by molar-refractivity contribution is -0.159. The van der Waals surface area contributed by atoms with Crippen molar-refractivity contribution in [1.29, 1.82) is 0 Å². The van der Waals surface area contributed by atoms with Gasteiger partial charge in [-0.3, -0.25) is 4.79 Å². The highest BCUT2D eigenvalue weighted by molar-refractivity contribution is 6.31. The number of hydrogen-bond acceptors (Lipinski definition) is 2. The Bertz CT molecular complexity index is 217. The monoisotopic (exact) mass is 185 g/mol. The second-order valence-corrected chi connectivity index (χ2v) is 3.65. The van der Waals surface area contributed by atoms with Gasteiger partial charge < -0.3 is 10.0 Å². The number of rotatable bonds is 0. The van der Waals surface area contributed by atoms with Crippen molar-refractivity contribution in [2.24, 2.45) is 0 Å². The molecular formula is C9H15NO3. The van der Waals surface area contributed by atoms with Gasteiger partial charge in [-0.25, -0.2) is 4.79 Å². The number of hydrogen-bond donors (Lipinski definition) is 1. The van der Waals surface area contributed by atoms with Gasteiger partial charge in [0, 0.05) is 12.1 Å². The molecule has 1 N–H and O–H groups in total. The summed E-state index contributed by atoms with van der Waals surface area (Å²) in [4.78, 5) is 23.2. The van der Waals surface area contributed by atoms with Crippen molar-refractivity contribution < 1.29 is 14.7 Å². The molecule has 1 heterocycles. The summed E-state index contributed by atoms with van der Waals surface area (Å²) in [5.41, 5.74) is 0. The van der Waals surface area contributed by atoms with Crippen LogP contribution >= 0.6 is 0 Å². The SMILES string of the molecule is C[C@@H]1CCC[C@@H](C)N1C(=O)C(=O)O. The highest BCUT2D eigenvalue weighted by Crippen LogP contribution is 2.22. The Morgan fingerprint density at radius 3 is 2.08 bits per heavy atom. The minimum atomic E-state index is -1.35. The Labute approximate surface area is 77.5 Å². The molecule has 1 aliphatic rings. The predicted molar refractivity (Wildman–Crippen MR) is 47.3 cm³/mol. The molecule has 0 unspecified atom stereocenters. The van der Waals surface area contributed by atoms with E-state index in [9.17, 15) is 9.59 Å². The van der Waals surface area contributed by atoms with Gasteiger partial charge in [-0.15, -0.1) is 0 Å². The van der Waals surface area contributed by atoms with E-state index < -0.39 is 11.9 Å². The molecule has 1 rings (SSSR count). The van der Waals surface area contributed by atoms with Crippen molar-refractivity contribution in [3.05, 3.63) is 0 Å². The third kappa shape index (κ3) is 1.99. The third-order valence-corrected chi connectivity index (χ3v) is 2.61. The maximum Gasteiger partial charge on any atom is 0.394 e. The second-order valence-electron chi connectivity index (χ2n) is 3.65. The standard InChI is InChI=1S/C9H15NO3/c1-6-4-3-5-7(2)10(6)8(11)9(12)13/h6-7H,3-5H2,1-2H3,(H,12,13)/t6-,7-/m1/s1. The lowest BCUT2D eigenvalue weighted by Gasteiger charge is -2.37. The quantitative estimate of drug-likeness (QED) is 0.569. The van der Waals surface area contributed by atoms with E-state index in [2.05, 4.69) is 0 Å². The van der Waals surface area contributed by atoms with E-state index in [1.807, 2.05) is 13.8 Å². The van der Waals surface area contributed by atoms with E-state index >= 15 is 0 Å². The van der Waals surface area contributed by atoms with Gasteiger partial charge >= 0.3 is 11.9 Å². The van der Waals surface area contributed by atoms with Gasteiger partial charge in [-0.05, 0) is 33.1 Å². The first kappa shape index (κ1) is 10.0. The van der Waals surface area contributed by atoms with Crippen LogP contribution in [0.4, 0.5) is 0 Å². The first-order valence-electron chi connectivity index (χ1n) is 4.59. The molecule has 1 amide bonds. The Kier molecular flexibility index (Phi) is 2.90. The van der Waals surface area contributed by atoms with Crippen LogP contribution in [0.2, 0.25) is 0 Å². The lowest BCUT2D eigenvalue weighted by Crippen LogP contribution is -2.50. The van der Waals surface area contributed by atoms with Crippen molar-refractivity contribution in [3.63, 3.8) is 0 Å². The fourth-order valence-electron chi connectivity index (χ4n) is 1.93. The van der Waals surface area contributed by atoms with E-state index in [1.165, 1.54) is 4.90 Å². The molecule has 2 atom stereocenters. The van der Waals surface area contributed by atoms with Crippen LogP contribution in [0.3, 0.4) is 0 Å². The summed E-state index contributed by atoms with van der Waals surface area (Å²) >= 11 is 0. The number of amides is 1. The third-order valence-electron chi connectivity index (χ3n) is 2.61. The molecule has 13 heavy (non-hydrogen) atoms. The minimum Gasteiger partial charge on any atom is -0.474 e. The molecule has 0 aromatic carbocycles. The number of carbonyl (C=O) groups is 2. The number of carbonyl (C=O) groups excluding carboxylic acids is 1. The van der Waals surface area contributed by atoms with Crippen LogP contribution in [-0.4, -0.2) is 34.0 Å². The Morgan fingerprint density at radius 2 is 1.69 bits per heavy atom. The van der Waals surface area contributed by atoms with Crippen molar-refractivity contribution >= 4 is 11.9 Å². The Hall–Kier alpha value is -1.06. The molecule has 4 heteroatoms. The number of carboxylic acids is 1. The Morgan fingerprint density at radius 1 is 1.23 bits per heavy atom. The summed E-state index contributed by atoms with van der Waals surface area (Å²) in [7, 11) is 0. The molecule has 1 aliphatic heterocycles. The predicted octanol–water partition coefficient (Wildman–Crippen LogP) is 0.861. The van der Waals surface area contributed by atoms with E-state index in [4.69, 9.17) is 5.11 Å². The molecule has 0 saturated carbocycles. The molecule has 0 aliphatic carbocycles. The summed E-state index contributed by atoms with van der Waals surface area (Å²) in [6, 6.07) is 0.125. The van der Waals surface area contributed by atoms with Gasteiger partial charge in [0.1, 0.15) is 0 Å². The Balaban J connectivity index is 2.74. The topological polar surface area (TPSA) is 57.6 Å².